The van der Waals surface area contributed by atoms with E-state index in [2.05, 4.69) is 10.6 Å². The smallest absolute Gasteiger partial charge is 0.326 e. The van der Waals surface area contributed by atoms with Crippen molar-refractivity contribution >= 4 is 17.7 Å². The van der Waals surface area contributed by atoms with E-state index in [1.165, 1.54) is 0 Å². The molecule has 20 heavy (non-hydrogen) atoms. The highest BCUT2D eigenvalue weighted by atomic mass is 16.4. The van der Waals surface area contributed by atoms with E-state index in [-0.39, 0.29) is 13.0 Å². The van der Waals surface area contributed by atoms with Crippen LogP contribution in [0.2, 0.25) is 0 Å². The number of urea groups is 1. The number of benzene rings is 1. The Morgan fingerprint density at radius 1 is 1.30 bits per heavy atom. The van der Waals surface area contributed by atoms with Gasteiger partial charge in [-0.3, -0.25) is 0 Å². The second-order valence-corrected chi connectivity index (χ2v) is 4.41. The van der Waals surface area contributed by atoms with Crippen LogP contribution in [0.3, 0.4) is 0 Å². The fraction of sp³-hybridized carbons (Fsp3) is 0.429. The number of rotatable bonds is 7. The molecule has 1 atom stereocenters. The number of aliphatic hydroxyl groups is 1. The van der Waals surface area contributed by atoms with Gasteiger partial charge in [-0.2, -0.15) is 0 Å². The largest absolute Gasteiger partial charge is 0.480 e. The molecule has 0 unspecified atom stereocenters. The van der Waals surface area contributed by atoms with Gasteiger partial charge in [-0.1, -0.05) is 31.5 Å². The van der Waals surface area contributed by atoms with Gasteiger partial charge in [-0.25, -0.2) is 9.59 Å². The first-order valence-electron chi connectivity index (χ1n) is 6.57. The summed E-state index contributed by atoms with van der Waals surface area (Å²) in [4.78, 5) is 22.7. The first kappa shape index (κ1) is 16.0. The summed E-state index contributed by atoms with van der Waals surface area (Å²) in [5.41, 5.74) is 1.67. The summed E-state index contributed by atoms with van der Waals surface area (Å²) >= 11 is 0. The number of aliphatic carboxylic acids is 1. The van der Waals surface area contributed by atoms with E-state index in [0.29, 0.717) is 5.69 Å². The van der Waals surface area contributed by atoms with E-state index in [1.54, 1.807) is 12.1 Å². The normalized spacial score (nSPS) is 11.7. The molecule has 0 saturated carbocycles. The Kier molecular flexibility index (Phi) is 6.52. The summed E-state index contributed by atoms with van der Waals surface area (Å²) in [6.07, 6.45) is 1.75. The molecule has 6 nitrogen and oxygen atoms in total. The quantitative estimate of drug-likeness (QED) is 0.609. The third kappa shape index (κ3) is 4.89. The van der Waals surface area contributed by atoms with Crippen molar-refractivity contribution in [2.75, 3.05) is 11.9 Å². The van der Waals surface area contributed by atoms with Crippen LogP contribution in [0.4, 0.5) is 10.5 Å². The topological polar surface area (TPSA) is 98.7 Å². The number of carbonyl (C=O) groups excluding carboxylic acids is 1. The van der Waals surface area contributed by atoms with Gasteiger partial charge in [0, 0.05) is 18.7 Å². The predicted molar refractivity (Wildman–Crippen MR) is 75.7 cm³/mol. The van der Waals surface area contributed by atoms with Crippen LogP contribution in [-0.4, -0.2) is 34.9 Å². The van der Waals surface area contributed by atoms with Crippen LogP contribution < -0.4 is 10.6 Å². The maximum Gasteiger partial charge on any atom is 0.326 e. The maximum atomic E-state index is 11.8. The minimum absolute atomic E-state index is 0.0284. The number of carbonyl (C=O) groups is 2. The lowest BCUT2D eigenvalue weighted by molar-refractivity contribution is -0.139. The summed E-state index contributed by atoms with van der Waals surface area (Å²) in [6, 6.07) is 5.69. The van der Waals surface area contributed by atoms with Gasteiger partial charge in [0.2, 0.25) is 0 Å². The lowest BCUT2D eigenvalue weighted by Gasteiger charge is -2.15. The van der Waals surface area contributed by atoms with Crippen molar-refractivity contribution in [2.24, 2.45) is 0 Å². The van der Waals surface area contributed by atoms with E-state index in [9.17, 15) is 9.59 Å². The zero-order valence-corrected chi connectivity index (χ0v) is 11.4. The van der Waals surface area contributed by atoms with Crippen molar-refractivity contribution in [3.8, 4) is 0 Å². The van der Waals surface area contributed by atoms with Gasteiger partial charge in [0.1, 0.15) is 6.04 Å². The van der Waals surface area contributed by atoms with E-state index in [1.807, 2.05) is 19.1 Å². The summed E-state index contributed by atoms with van der Waals surface area (Å²) in [7, 11) is 0. The fourth-order valence-electron chi connectivity index (χ4n) is 1.83. The minimum atomic E-state index is -1.17. The fourth-order valence-corrected chi connectivity index (χ4v) is 1.83. The molecule has 0 aliphatic rings. The highest BCUT2D eigenvalue weighted by Crippen LogP contribution is 2.16. The van der Waals surface area contributed by atoms with Gasteiger partial charge in [0.15, 0.2) is 0 Å². The van der Waals surface area contributed by atoms with Gasteiger partial charge in [0.05, 0.1) is 0 Å². The summed E-state index contributed by atoms with van der Waals surface area (Å²) < 4.78 is 0. The molecule has 110 valence electrons. The molecule has 0 bridgehead atoms. The Labute approximate surface area is 117 Å². The SMILES string of the molecule is CCCc1ccccc1NC(=O)N[C@@H](CCO)C(=O)O. The Bertz CT molecular complexity index is 462. The van der Waals surface area contributed by atoms with Gasteiger partial charge in [-0.15, -0.1) is 0 Å². The van der Waals surface area contributed by atoms with Crippen molar-refractivity contribution in [3.63, 3.8) is 0 Å². The minimum Gasteiger partial charge on any atom is -0.480 e. The molecule has 2 amide bonds. The highest BCUT2D eigenvalue weighted by Gasteiger charge is 2.19. The number of hydrogen-bond donors (Lipinski definition) is 4. The van der Waals surface area contributed by atoms with Gasteiger partial charge in [0.25, 0.3) is 0 Å². The molecular weight excluding hydrogens is 260 g/mol. The Hall–Kier alpha value is -2.08. The van der Waals surface area contributed by atoms with Crippen molar-refractivity contribution in [2.45, 2.75) is 32.2 Å². The van der Waals surface area contributed by atoms with Crippen LogP contribution >= 0.6 is 0 Å². The molecule has 1 aromatic rings. The first-order valence-corrected chi connectivity index (χ1v) is 6.57. The van der Waals surface area contributed by atoms with E-state index >= 15 is 0 Å². The molecule has 0 heterocycles. The molecule has 0 aliphatic carbocycles. The maximum absolute atomic E-state index is 11.8. The third-order valence-electron chi connectivity index (χ3n) is 2.81. The Balaban J connectivity index is 2.68. The van der Waals surface area contributed by atoms with Gasteiger partial charge >= 0.3 is 12.0 Å². The standard InChI is InChI=1S/C14H20N2O4/c1-2-5-10-6-3-4-7-11(10)15-14(20)16-12(8-9-17)13(18)19/h3-4,6-7,12,17H,2,5,8-9H2,1H3,(H,18,19)(H2,15,16,20)/t12-/m0/s1. The zero-order chi connectivity index (χ0) is 15.0. The van der Waals surface area contributed by atoms with Crippen molar-refractivity contribution in [1.29, 1.82) is 0 Å². The van der Waals surface area contributed by atoms with Crippen molar-refractivity contribution in [3.05, 3.63) is 29.8 Å². The number of nitrogens with one attached hydrogen (secondary N) is 2. The summed E-state index contributed by atoms with van der Waals surface area (Å²) in [6.45, 7) is 1.74. The average Bonchev–Trinajstić information content (AvgIpc) is 2.40. The third-order valence-corrected chi connectivity index (χ3v) is 2.81. The molecular formula is C14H20N2O4. The Morgan fingerprint density at radius 2 is 2.00 bits per heavy atom. The van der Waals surface area contributed by atoms with Gasteiger partial charge in [-0.05, 0) is 18.1 Å². The van der Waals surface area contributed by atoms with Crippen LogP contribution in [0.1, 0.15) is 25.3 Å². The molecule has 1 aromatic carbocycles. The van der Waals surface area contributed by atoms with Crippen LogP contribution in [-0.2, 0) is 11.2 Å². The number of amides is 2. The molecule has 0 radical (unpaired) electrons. The van der Waals surface area contributed by atoms with Crippen LogP contribution in [0.15, 0.2) is 24.3 Å². The number of carboxylic acids is 1. The monoisotopic (exact) mass is 280 g/mol. The first-order chi connectivity index (χ1) is 9.58. The zero-order valence-electron chi connectivity index (χ0n) is 11.4. The number of aryl methyl sites for hydroxylation is 1. The number of para-hydroxylation sites is 1. The Morgan fingerprint density at radius 3 is 2.60 bits per heavy atom. The molecule has 0 fully saturated rings. The predicted octanol–water partition coefficient (Wildman–Crippen LogP) is 1.60. The summed E-state index contributed by atoms with van der Waals surface area (Å²) in [5.74, 6) is -1.17. The number of hydrogen-bond acceptors (Lipinski definition) is 3. The second kappa shape index (κ2) is 8.16. The molecule has 0 saturated heterocycles. The molecule has 1 rings (SSSR count). The van der Waals surface area contributed by atoms with E-state index in [4.69, 9.17) is 10.2 Å². The van der Waals surface area contributed by atoms with Crippen LogP contribution in [0, 0.1) is 0 Å². The van der Waals surface area contributed by atoms with Crippen molar-refractivity contribution in [1.82, 2.24) is 5.32 Å². The molecule has 0 aromatic heterocycles. The summed E-state index contributed by atoms with van der Waals surface area (Å²) in [5, 5.41) is 22.6. The molecule has 0 aliphatic heterocycles. The van der Waals surface area contributed by atoms with Crippen LogP contribution in [0.25, 0.3) is 0 Å². The lowest BCUT2D eigenvalue weighted by atomic mass is 10.1. The van der Waals surface area contributed by atoms with E-state index < -0.39 is 18.0 Å². The van der Waals surface area contributed by atoms with E-state index in [0.717, 1.165) is 18.4 Å². The average molecular weight is 280 g/mol. The molecule has 6 heteroatoms. The second-order valence-electron chi connectivity index (χ2n) is 4.41. The van der Waals surface area contributed by atoms with Crippen LogP contribution in [0.5, 0.6) is 0 Å². The number of aliphatic hydroxyl groups excluding tert-OH is 1. The number of anilines is 1. The molecule has 4 N–H and O–H groups in total. The number of carboxylic acid groups (broad SMARTS) is 1. The van der Waals surface area contributed by atoms with Gasteiger partial charge < -0.3 is 20.8 Å². The highest BCUT2D eigenvalue weighted by molar-refractivity contribution is 5.92. The van der Waals surface area contributed by atoms with Crippen molar-refractivity contribution < 1.29 is 19.8 Å². The molecule has 0 spiro atoms. The lowest BCUT2D eigenvalue weighted by Crippen LogP contribution is -2.43.